The first-order valence-electron chi connectivity index (χ1n) is 6.32. The topological polar surface area (TPSA) is 75.6 Å². The van der Waals surface area contributed by atoms with E-state index in [1.807, 2.05) is 13.8 Å². The van der Waals surface area contributed by atoms with E-state index < -0.39 is 17.9 Å². The van der Waals surface area contributed by atoms with Crippen LogP contribution in [0.5, 0.6) is 5.75 Å². The van der Waals surface area contributed by atoms with E-state index in [9.17, 15) is 9.59 Å². The lowest BCUT2D eigenvalue weighted by atomic mass is 10.0. The van der Waals surface area contributed by atoms with Crippen LogP contribution in [0.15, 0.2) is 12.1 Å². The van der Waals surface area contributed by atoms with Gasteiger partial charge in [0.25, 0.3) is 5.91 Å². The molecule has 21 heavy (non-hydrogen) atoms. The lowest BCUT2D eigenvalue weighted by Gasteiger charge is -2.21. The Balaban J connectivity index is 2.95. The highest BCUT2D eigenvalue weighted by Gasteiger charge is 2.21. The van der Waals surface area contributed by atoms with E-state index >= 15 is 0 Å². The largest absolute Gasteiger partial charge is 0.494 e. The number of amides is 1. The Morgan fingerprint density at radius 1 is 1.29 bits per heavy atom. The molecule has 0 saturated carbocycles. The predicted octanol–water partition coefficient (Wildman–Crippen LogP) is 3.23. The van der Waals surface area contributed by atoms with Crippen LogP contribution in [0.4, 0.5) is 0 Å². The standard InChI is InChI=1S/C14H17Cl2NO4/c1-7(2)11(6-12(18)19)17-14(20)8-4-9(15)13(21-3)10(16)5-8/h4-5,7,11H,6H2,1-3H3,(H,17,20)(H,18,19). The quantitative estimate of drug-likeness (QED) is 0.837. The first kappa shape index (κ1) is 17.6. The Kier molecular flexibility index (Phi) is 6.30. The van der Waals surface area contributed by atoms with E-state index in [2.05, 4.69) is 5.32 Å². The Hall–Kier alpha value is -1.46. The molecule has 7 heteroatoms. The number of benzene rings is 1. The van der Waals surface area contributed by atoms with Gasteiger partial charge >= 0.3 is 5.97 Å². The third-order valence-corrected chi connectivity index (χ3v) is 3.54. The highest BCUT2D eigenvalue weighted by molar-refractivity contribution is 6.37. The molecule has 116 valence electrons. The van der Waals surface area contributed by atoms with Crippen molar-refractivity contribution in [1.82, 2.24) is 5.32 Å². The number of hydrogen-bond donors (Lipinski definition) is 2. The monoisotopic (exact) mass is 333 g/mol. The van der Waals surface area contributed by atoms with Crippen molar-refractivity contribution in [3.05, 3.63) is 27.7 Å². The molecular formula is C14H17Cl2NO4. The number of carboxylic acid groups (broad SMARTS) is 1. The van der Waals surface area contributed by atoms with E-state index in [-0.39, 0.29) is 27.9 Å². The molecule has 0 bridgehead atoms. The SMILES string of the molecule is COc1c(Cl)cc(C(=O)NC(CC(=O)O)C(C)C)cc1Cl. The minimum Gasteiger partial charge on any atom is -0.494 e. The summed E-state index contributed by atoms with van der Waals surface area (Å²) in [7, 11) is 1.43. The molecule has 2 N–H and O–H groups in total. The summed E-state index contributed by atoms with van der Waals surface area (Å²) in [5, 5.41) is 12.0. The van der Waals surface area contributed by atoms with Crippen LogP contribution in [0.2, 0.25) is 10.0 Å². The molecule has 0 aliphatic carbocycles. The minimum atomic E-state index is -0.972. The average Bonchev–Trinajstić information content (AvgIpc) is 2.36. The highest BCUT2D eigenvalue weighted by atomic mass is 35.5. The second kappa shape index (κ2) is 7.52. The molecule has 1 aromatic carbocycles. The van der Waals surface area contributed by atoms with Gasteiger partial charge in [0.05, 0.1) is 23.6 Å². The van der Waals surface area contributed by atoms with Gasteiger partial charge in [-0.05, 0) is 18.1 Å². The molecule has 0 aliphatic heterocycles. The Bertz CT molecular complexity index is 523. The molecular weight excluding hydrogens is 317 g/mol. The van der Waals surface area contributed by atoms with Crippen LogP contribution in [0.3, 0.4) is 0 Å². The molecule has 1 atom stereocenters. The number of hydrogen-bond acceptors (Lipinski definition) is 3. The van der Waals surface area contributed by atoms with Gasteiger partial charge in [-0.15, -0.1) is 0 Å². The fourth-order valence-corrected chi connectivity index (χ4v) is 2.42. The maximum Gasteiger partial charge on any atom is 0.305 e. The minimum absolute atomic E-state index is 0.0192. The van der Waals surface area contributed by atoms with Crippen LogP contribution >= 0.6 is 23.2 Å². The zero-order valence-electron chi connectivity index (χ0n) is 11.9. The lowest BCUT2D eigenvalue weighted by molar-refractivity contribution is -0.137. The molecule has 5 nitrogen and oxygen atoms in total. The van der Waals surface area contributed by atoms with Crippen molar-refractivity contribution in [3.8, 4) is 5.75 Å². The van der Waals surface area contributed by atoms with Gasteiger partial charge in [0.15, 0.2) is 5.75 Å². The van der Waals surface area contributed by atoms with E-state index in [0.29, 0.717) is 5.75 Å². The van der Waals surface area contributed by atoms with Crippen LogP contribution in [-0.4, -0.2) is 30.1 Å². The number of halogens is 2. The van der Waals surface area contributed by atoms with Crippen LogP contribution < -0.4 is 10.1 Å². The van der Waals surface area contributed by atoms with Gasteiger partial charge in [-0.25, -0.2) is 0 Å². The molecule has 0 aromatic heterocycles. The van der Waals surface area contributed by atoms with Crippen molar-refractivity contribution < 1.29 is 19.4 Å². The average molecular weight is 334 g/mol. The van der Waals surface area contributed by atoms with Crippen molar-refractivity contribution in [2.24, 2.45) is 5.92 Å². The zero-order valence-corrected chi connectivity index (χ0v) is 13.5. The predicted molar refractivity (Wildman–Crippen MR) is 81.4 cm³/mol. The van der Waals surface area contributed by atoms with Crippen molar-refractivity contribution >= 4 is 35.1 Å². The molecule has 0 fully saturated rings. The molecule has 1 aromatic rings. The Morgan fingerprint density at radius 3 is 2.19 bits per heavy atom. The molecule has 0 spiro atoms. The van der Waals surface area contributed by atoms with Crippen LogP contribution in [-0.2, 0) is 4.79 Å². The fraction of sp³-hybridized carbons (Fsp3) is 0.429. The van der Waals surface area contributed by atoms with Crippen molar-refractivity contribution in [3.63, 3.8) is 0 Å². The van der Waals surface area contributed by atoms with Gasteiger partial charge in [0.2, 0.25) is 0 Å². The molecule has 1 rings (SSSR count). The maximum atomic E-state index is 12.2. The number of carbonyl (C=O) groups excluding carboxylic acids is 1. The summed E-state index contributed by atoms with van der Waals surface area (Å²) in [6.45, 7) is 3.67. The molecule has 0 radical (unpaired) electrons. The molecule has 0 heterocycles. The van der Waals surface area contributed by atoms with Crippen LogP contribution in [0.25, 0.3) is 0 Å². The third kappa shape index (κ3) is 4.79. The second-order valence-electron chi connectivity index (χ2n) is 4.89. The van der Waals surface area contributed by atoms with Gasteiger partial charge in [0.1, 0.15) is 0 Å². The molecule has 1 amide bonds. The number of carboxylic acids is 1. The number of aliphatic carboxylic acids is 1. The summed E-state index contributed by atoms with van der Waals surface area (Å²) in [6, 6.07) is 2.38. The first-order chi connectivity index (χ1) is 9.76. The van der Waals surface area contributed by atoms with Crippen molar-refractivity contribution in [1.29, 1.82) is 0 Å². The van der Waals surface area contributed by atoms with Crippen LogP contribution in [0.1, 0.15) is 30.6 Å². The highest BCUT2D eigenvalue weighted by Crippen LogP contribution is 2.33. The maximum absolute atomic E-state index is 12.2. The van der Waals surface area contributed by atoms with Gasteiger partial charge in [-0.3, -0.25) is 9.59 Å². The van der Waals surface area contributed by atoms with E-state index in [4.69, 9.17) is 33.0 Å². The van der Waals surface area contributed by atoms with Gasteiger partial charge in [-0.2, -0.15) is 0 Å². The van der Waals surface area contributed by atoms with E-state index in [1.54, 1.807) is 0 Å². The summed E-state index contributed by atoms with van der Waals surface area (Å²) < 4.78 is 5.01. The fourth-order valence-electron chi connectivity index (χ4n) is 1.78. The Labute approximate surface area is 133 Å². The number of ether oxygens (including phenoxy) is 1. The van der Waals surface area contributed by atoms with E-state index in [1.165, 1.54) is 19.2 Å². The number of rotatable bonds is 6. The summed E-state index contributed by atoms with van der Waals surface area (Å²) in [5.41, 5.74) is 0.252. The summed E-state index contributed by atoms with van der Waals surface area (Å²) >= 11 is 12.0. The van der Waals surface area contributed by atoms with Gasteiger partial charge < -0.3 is 15.2 Å². The smallest absolute Gasteiger partial charge is 0.305 e. The second-order valence-corrected chi connectivity index (χ2v) is 5.71. The van der Waals surface area contributed by atoms with Crippen LogP contribution in [0, 0.1) is 5.92 Å². The number of nitrogens with one attached hydrogen (secondary N) is 1. The number of carbonyl (C=O) groups is 2. The van der Waals surface area contributed by atoms with Gasteiger partial charge in [-0.1, -0.05) is 37.0 Å². The van der Waals surface area contributed by atoms with Crippen molar-refractivity contribution in [2.45, 2.75) is 26.3 Å². The Morgan fingerprint density at radius 2 is 1.81 bits per heavy atom. The third-order valence-electron chi connectivity index (χ3n) is 2.98. The number of methoxy groups -OCH3 is 1. The van der Waals surface area contributed by atoms with E-state index in [0.717, 1.165) is 0 Å². The molecule has 1 unspecified atom stereocenters. The van der Waals surface area contributed by atoms with Gasteiger partial charge in [0, 0.05) is 11.6 Å². The molecule has 0 saturated heterocycles. The first-order valence-corrected chi connectivity index (χ1v) is 7.07. The van der Waals surface area contributed by atoms with Crippen molar-refractivity contribution in [2.75, 3.05) is 7.11 Å². The summed E-state index contributed by atoms with van der Waals surface area (Å²) in [5.74, 6) is -1.13. The molecule has 0 aliphatic rings. The normalized spacial score (nSPS) is 12.1. The summed E-state index contributed by atoms with van der Waals surface area (Å²) in [4.78, 5) is 23.0. The lowest BCUT2D eigenvalue weighted by Crippen LogP contribution is -2.40. The zero-order chi connectivity index (χ0) is 16.2. The summed E-state index contributed by atoms with van der Waals surface area (Å²) in [6.07, 6.45) is -0.152.